The summed E-state index contributed by atoms with van der Waals surface area (Å²) in [6.45, 7) is 7.09. The molecule has 0 aliphatic rings. The molecule has 0 spiro atoms. The fraction of sp³-hybridized carbons (Fsp3) is 0.533. The Morgan fingerprint density at radius 3 is 2.35 bits per heavy atom. The predicted molar refractivity (Wildman–Crippen MR) is 77.0 cm³/mol. The van der Waals surface area contributed by atoms with Crippen LogP contribution in [0.25, 0.3) is 0 Å². The maximum Gasteiger partial charge on any atom is 0.325 e. The molecule has 0 atom stereocenters. The first-order valence-corrected chi connectivity index (χ1v) is 6.85. The molecule has 1 aromatic carbocycles. The molecule has 1 aromatic rings. The van der Waals surface area contributed by atoms with Crippen molar-refractivity contribution in [2.24, 2.45) is 0 Å². The lowest BCUT2D eigenvalue weighted by atomic mass is 10.3. The lowest BCUT2D eigenvalue weighted by molar-refractivity contribution is -0.136. The number of esters is 1. The summed E-state index contributed by atoms with van der Waals surface area (Å²) >= 11 is 0. The van der Waals surface area contributed by atoms with Crippen LogP contribution in [0.1, 0.15) is 20.8 Å². The van der Waals surface area contributed by atoms with Gasteiger partial charge in [0, 0.05) is 12.6 Å². The quantitative estimate of drug-likeness (QED) is 0.580. The largest absolute Gasteiger partial charge is 0.494 e. The lowest BCUT2D eigenvalue weighted by Crippen LogP contribution is -2.39. The van der Waals surface area contributed by atoms with Crippen LogP contribution in [0.5, 0.6) is 11.5 Å². The van der Waals surface area contributed by atoms with E-state index >= 15 is 0 Å². The van der Waals surface area contributed by atoms with Crippen LogP contribution in [0.3, 0.4) is 0 Å². The van der Waals surface area contributed by atoms with Gasteiger partial charge < -0.3 is 14.6 Å². The Bertz CT molecular complexity index is 403. The summed E-state index contributed by atoms with van der Waals surface area (Å²) in [5, 5.41) is 8.96. The smallest absolute Gasteiger partial charge is 0.325 e. The van der Waals surface area contributed by atoms with Crippen molar-refractivity contribution in [3.63, 3.8) is 0 Å². The first-order valence-electron chi connectivity index (χ1n) is 6.85. The fourth-order valence-corrected chi connectivity index (χ4v) is 1.75. The van der Waals surface area contributed by atoms with Gasteiger partial charge in [0.1, 0.15) is 11.5 Å². The minimum Gasteiger partial charge on any atom is -0.494 e. The summed E-state index contributed by atoms with van der Waals surface area (Å²) < 4.78 is 10.6. The van der Waals surface area contributed by atoms with E-state index in [0.29, 0.717) is 18.9 Å². The molecule has 0 amide bonds. The van der Waals surface area contributed by atoms with Gasteiger partial charge in [0.05, 0.1) is 19.8 Å². The Balaban J connectivity index is 2.52. The van der Waals surface area contributed by atoms with Crippen molar-refractivity contribution in [2.75, 3.05) is 26.3 Å². The zero-order valence-electron chi connectivity index (χ0n) is 12.3. The van der Waals surface area contributed by atoms with Crippen molar-refractivity contribution < 1.29 is 19.4 Å². The third-order valence-electron chi connectivity index (χ3n) is 2.82. The molecule has 5 nitrogen and oxygen atoms in total. The number of aliphatic hydroxyl groups excluding tert-OH is 1. The first kappa shape index (κ1) is 16.5. The fourth-order valence-electron chi connectivity index (χ4n) is 1.75. The molecule has 0 saturated carbocycles. The van der Waals surface area contributed by atoms with Crippen LogP contribution in [0.2, 0.25) is 0 Å². The topological polar surface area (TPSA) is 59.0 Å². The van der Waals surface area contributed by atoms with Crippen molar-refractivity contribution >= 4 is 5.97 Å². The number of aliphatic hydroxyl groups is 1. The average molecular weight is 281 g/mol. The summed E-state index contributed by atoms with van der Waals surface area (Å²) in [7, 11) is 0. The number of carbonyl (C=O) groups is 1. The summed E-state index contributed by atoms with van der Waals surface area (Å²) in [6.07, 6.45) is 0. The van der Waals surface area contributed by atoms with Crippen LogP contribution in [0, 0.1) is 0 Å². The zero-order chi connectivity index (χ0) is 15.0. The van der Waals surface area contributed by atoms with E-state index in [9.17, 15) is 4.79 Å². The monoisotopic (exact) mass is 281 g/mol. The highest BCUT2D eigenvalue weighted by Crippen LogP contribution is 2.17. The van der Waals surface area contributed by atoms with Gasteiger partial charge in [-0.2, -0.15) is 0 Å². The number of hydrogen-bond donors (Lipinski definition) is 1. The van der Waals surface area contributed by atoms with E-state index in [1.807, 2.05) is 25.7 Å². The van der Waals surface area contributed by atoms with Gasteiger partial charge in [-0.05, 0) is 45.0 Å². The van der Waals surface area contributed by atoms with Crippen LogP contribution in [0.4, 0.5) is 0 Å². The van der Waals surface area contributed by atoms with Crippen LogP contribution in [-0.4, -0.2) is 48.3 Å². The van der Waals surface area contributed by atoms with Crippen LogP contribution in [0.15, 0.2) is 24.3 Å². The summed E-state index contributed by atoms with van der Waals surface area (Å²) in [5.74, 6) is 0.902. The SMILES string of the molecule is CCOc1ccc(OC(=O)CN(CCO)C(C)C)cc1. The lowest BCUT2D eigenvalue weighted by Gasteiger charge is -2.24. The normalized spacial score (nSPS) is 10.9. The predicted octanol–water partition coefficient (Wildman–Crippen LogP) is 1.69. The number of ether oxygens (including phenoxy) is 2. The standard InChI is InChI=1S/C15H23NO4/c1-4-19-13-5-7-14(8-6-13)20-15(18)11-16(9-10-17)12(2)3/h5-8,12,17H,4,9-11H2,1-3H3. The second kappa shape index (κ2) is 8.55. The third-order valence-corrected chi connectivity index (χ3v) is 2.82. The van der Waals surface area contributed by atoms with Crippen LogP contribution in [-0.2, 0) is 4.79 Å². The van der Waals surface area contributed by atoms with Crippen molar-refractivity contribution in [2.45, 2.75) is 26.8 Å². The number of rotatable bonds is 8. The van der Waals surface area contributed by atoms with Gasteiger partial charge in [0.15, 0.2) is 0 Å². The van der Waals surface area contributed by atoms with Crippen LogP contribution >= 0.6 is 0 Å². The molecule has 0 fully saturated rings. The molecule has 20 heavy (non-hydrogen) atoms. The molecule has 112 valence electrons. The van der Waals surface area contributed by atoms with Gasteiger partial charge in [-0.25, -0.2) is 0 Å². The molecule has 0 aromatic heterocycles. The molecule has 1 N–H and O–H groups in total. The number of benzene rings is 1. The molecular formula is C15H23NO4. The molecule has 0 radical (unpaired) electrons. The van der Waals surface area contributed by atoms with E-state index in [4.69, 9.17) is 14.6 Å². The second-order valence-corrected chi connectivity index (χ2v) is 4.67. The van der Waals surface area contributed by atoms with Gasteiger partial charge in [0.25, 0.3) is 0 Å². The maximum absolute atomic E-state index is 11.8. The zero-order valence-corrected chi connectivity index (χ0v) is 12.3. The third kappa shape index (κ3) is 5.59. The molecule has 1 rings (SSSR count). The van der Waals surface area contributed by atoms with Crippen molar-refractivity contribution in [1.29, 1.82) is 0 Å². The Kier molecular flexibility index (Phi) is 7.04. The molecule has 0 aliphatic carbocycles. The summed E-state index contributed by atoms with van der Waals surface area (Å²) in [4.78, 5) is 13.7. The van der Waals surface area contributed by atoms with Crippen molar-refractivity contribution in [3.8, 4) is 11.5 Å². The van der Waals surface area contributed by atoms with E-state index < -0.39 is 0 Å². The Morgan fingerprint density at radius 2 is 1.85 bits per heavy atom. The van der Waals surface area contributed by atoms with Crippen molar-refractivity contribution in [1.82, 2.24) is 4.90 Å². The number of hydrogen-bond acceptors (Lipinski definition) is 5. The average Bonchev–Trinajstić information content (AvgIpc) is 2.40. The summed E-state index contributed by atoms with van der Waals surface area (Å²) in [5.41, 5.74) is 0. The molecule has 0 saturated heterocycles. The van der Waals surface area contributed by atoms with Crippen LogP contribution < -0.4 is 9.47 Å². The Morgan fingerprint density at radius 1 is 1.25 bits per heavy atom. The maximum atomic E-state index is 11.8. The van der Waals surface area contributed by atoms with Gasteiger partial charge in [-0.1, -0.05) is 0 Å². The molecule has 0 aliphatic heterocycles. The Hall–Kier alpha value is -1.59. The first-order chi connectivity index (χ1) is 9.56. The highest BCUT2D eigenvalue weighted by molar-refractivity contribution is 5.74. The van der Waals surface area contributed by atoms with Crippen molar-refractivity contribution in [3.05, 3.63) is 24.3 Å². The summed E-state index contributed by atoms with van der Waals surface area (Å²) in [6, 6.07) is 7.11. The molecule has 0 bridgehead atoms. The minimum atomic E-state index is -0.337. The number of carbonyl (C=O) groups excluding carboxylic acids is 1. The van der Waals surface area contributed by atoms with Gasteiger partial charge in [-0.15, -0.1) is 0 Å². The Labute approximate surface area is 120 Å². The van der Waals surface area contributed by atoms with Gasteiger partial charge in [0.2, 0.25) is 0 Å². The highest BCUT2D eigenvalue weighted by Gasteiger charge is 2.15. The van der Waals surface area contributed by atoms with E-state index in [2.05, 4.69) is 0 Å². The second-order valence-electron chi connectivity index (χ2n) is 4.67. The van der Waals surface area contributed by atoms with E-state index in [-0.39, 0.29) is 25.2 Å². The highest BCUT2D eigenvalue weighted by atomic mass is 16.5. The van der Waals surface area contributed by atoms with E-state index in [0.717, 1.165) is 5.75 Å². The molecule has 5 heteroatoms. The van der Waals surface area contributed by atoms with Gasteiger partial charge in [-0.3, -0.25) is 9.69 Å². The number of nitrogens with zero attached hydrogens (tertiary/aromatic N) is 1. The van der Waals surface area contributed by atoms with Gasteiger partial charge >= 0.3 is 5.97 Å². The molecule has 0 unspecified atom stereocenters. The van der Waals surface area contributed by atoms with E-state index in [1.54, 1.807) is 24.3 Å². The van der Waals surface area contributed by atoms with E-state index in [1.165, 1.54) is 0 Å². The molecular weight excluding hydrogens is 258 g/mol. The minimum absolute atomic E-state index is 0.0223. The molecule has 0 heterocycles.